The van der Waals surface area contributed by atoms with Gasteiger partial charge in [-0.1, -0.05) is 42.9 Å². The van der Waals surface area contributed by atoms with E-state index in [0.29, 0.717) is 20.8 Å². The Morgan fingerprint density at radius 1 is 1.52 bits per heavy atom. The van der Waals surface area contributed by atoms with Gasteiger partial charge in [-0.05, 0) is 13.0 Å². The van der Waals surface area contributed by atoms with Gasteiger partial charge in [0.2, 0.25) is 5.95 Å². The SMILES string of the molecule is CC1C(Cl)=CC=CC1(C)O.Nc1nc(=S)c2[nH]cnc2[nH]1. The van der Waals surface area contributed by atoms with Crippen LogP contribution >= 0.6 is 23.8 Å². The molecule has 2 unspecified atom stereocenters. The summed E-state index contributed by atoms with van der Waals surface area (Å²) in [6, 6.07) is 0. The molecule has 2 aromatic rings. The summed E-state index contributed by atoms with van der Waals surface area (Å²) in [7, 11) is 0. The van der Waals surface area contributed by atoms with E-state index in [1.807, 2.05) is 13.0 Å². The van der Waals surface area contributed by atoms with Crippen LogP contribution in [0.2, 0.25) is 0 Å². The molecule has 6 nitrogen and oxygen atoms in total. The molecule has 3 rings (SSSR count). The molecule has 21 heavy (non-hydrogen) atoms. The summed E-state index contributed by atoms with van der Waals surface area (Å²) < 4.78 is 0.439. The van der Waals surface area contributed by atoms with E-state index in [4.69, 9.17) is 29.6 Å². The number of fused-ring (bicyclic) bond motifs is 1. The van der Waals surface area contributed by atoms with Crippen LogP contribution in [0.15, 0.2) is 29.6 Å². The van der Waals surface area contributed by atoms with Crippen LogP contribution < -0.4 is 5.73 Å². The highest BCUT2D eigenvalue weighted by Gasteiger charge is 2.29. The van der Waals surface area contributed by atoms with Crippen molar-refractivity contribution in [2.24, 2.45) is 5.92 Å². The van der Waals surface area contributed by atoms with Crippen LogP contribution in [-0.4, -0.2) is 30.6 Å². The van der Waals surface area contributed by atoms with E-state index in [1.165, 1.54) is 6.33 Å². The molecule has 0 amide bonds. The van der Waals surface area contributed by atoms with Crippen LogP contribution in [0.1, 0.15) is 13.8 Å². The summed E-state index contributed by atoms with van der Waals surface area (Å²) in [5.74, 6) is 0.300. The average Bonchev–Trinajstić information content (AvgIpc) is 2.85. The maximum absolute atomic E-state index is 9.60. The zero-order valence-corrected chi connectivity index (χ0v) is 13.2. The lowest BCUT2D eigenvalue weighted by Gasteiger charge is -2.28. The number of nitrogen functional groups attached to an aromatic ring is 1. The van der Waals surface area contributed by atoms with Gasteiger partial charge < -0.3 is 20.8 Å². The highest BCUT2D eigenvalue weighted by Crippen LogP contribution is 2.31. The van der Waals surface area contributed by atoms with E-state index in [-0.39, 0.29) is 11.9 Å². The number of H-pyrrole nitrogens is 2. The van der Waals surface area contributed by atoms with E-state index in [9.17, 15) is 5.11 Å². The molecule has 2 atom stereocenters. The van der Waals surface area contributed by atoms with E-state index in [1.54, 1.807) is 19.1 Å². The molecule has 8 heteroatoms. The van der Waals surface area contributed by atoms with Gasteiger partial charge in [-0.2, -0.15) is 0 Å². The van der Waals surface area contributed by atoms with Gasteiger partial charge in [-0.25, -0.2) is 9.97 Å². The normalized spacial score (nSPS) is 24.4. The predicted octanol–water partition coefficient (Wildman–Crippen LogP) is 2.66. The quantitative estimate of drug-likeness (QED) is 0.557. The Kier molecular flexibility index (Phi) is 4.46. The highest BCUT2D eigenvalue weighted by molar-refractivity contribution is 7.71. The number of nitrogens with one attached hydrogen (secondary N) is 2. The summed E-state index contributed by atoms with van der Waals surface area (Å²) in [5, 5.41) is 10.3. The molecule has 1 aliphatic rings. The van der Waals surface area contributed by atoms with Gasteiger partial charge in [-0.3, -0.25) is 0 Å². The zero-order chi connectivity index (χ0) is 15.6. The second-order valence-electron chi connectivity index (χ2n) is 4.91. The summed E-state index contributed by atoms with van der Waals surface area (Å²) in [4.78, 5) is 13.4. The first-order valence-electron chi connectivity index (χ1n) is 6.27. The molecule has 112 valence electrons. The lowest BCUT2D eigenvalue weighted by molar-refractivity contribution is 0.0711. The van der Waals surface area contributed by atoms with Crippen LogP contribution in [0.4, 0.5) is 5.95 Å². The van der Waals surface area contributed by atoms with Crippen molar-refractivity contribution in [3.05, 3.63) is 34.2 Å². The molecule has 0 aromatic carbocycles. The number of nitrogens with zero attached hydrogens (tertiary/aromatic N) is 2. The molecular weight excluding hydrogens is 310 g/mol. The minimum absolute atomic E-state index is 0.0131. The molecule has 0 bridgehead atoms. The molecule has 0 radical (unpaired) electrons. The minimum atomic E-state index is -0.772. The first kappa shape index (κ1) is 15.7. The Labute approximate surface area is 131 Å². The number of allylic oxidation sites excluding steroid dienone is 2. The Morgan fingerprint density at radius 2 is 2.24 bits per heavy atom. The van der Waals surface area contributed by atoms with Crippen molar-refractivity contribution in [3.8, 4) is 0 Å². The minimum Gasteiger partial charge on any atom is -0.385 e. The Bertz CT molecular complexity index is 761. The number of hydrogen-bond acceptors (Lipinski definition) is 5. The van der Waals surface area contributed by atoms with Crippen LogP contribution in [0, 0.1) is 10.6 Å². The van der Waals surface area contributed by atoms with Crippen LogP contribution in [0.3, 0.4) is 0 Å². The zero-order valence-electron chi connectivity index (χ0n) is 11.6. The predicted molar refractivity (Wildman–Crippen MR) is 86.3 cm³/mol. The lowest BCUT2D eigenvalue weighted by atomic mass is 9.87. The third-order valence-electron chi connectivity index (χ3n) is 3.30. The average molecular weight is 326 g/mol. The second kappa shape index (κ2) is 5.97. The summed E-state index contributed by atoms with van der Waals surface area (Å²) in [6.07, 6.45) is 6.88. The van der Waals surface area contributed by atoms with E-state index >= 15 is 0 Å². The van der Waals surface area contributed by atoms with Crippen LogP contribution in [-0.2, 0) is 0 Å². The molecule has 2 aromatic heterocycles. The number of rotatable bonds is 0. The molecule has 0 saturated carbocycles. The topological polar surface area (TPSA) is 104 Å². The van der Waals surface area contributed by atoms with Gasteiger partial charge in [0, 0.05) is 11.0 Å². The van der Waals surface area contributed by atoms with Gasteiger partial charge in [0.05, 0.1) is 11.9 Å². The van der Waals surface area contributed by atoms with Crippen molar-refractivity contribution < 1.29 is 5.11 Å². The van der Waals surface area contributed by atoms with Gasteiger partial charge in [0.25, 0.3) is 0 Å². The number of anilines is 1. The monoisotopic (exact) mass is 325 g/mol. The Hall–Kier alpha value is -1.70. The fourth-order valence-corrected chi connectivity index (χ4v) is 2.32. The second-order valence-corrected chi connectivity index (χ2v) is 5.73. The van der Waals surface area contributed by atoms with Crippen molar-refractivity contribution in [2.45, 2.75) is 19.4 Å². The van der Waals surface area contributed by atoms with Gasteiger partial charge in [-0.15, -0.1) is 0 Å². The number of nitrogens with two attached hydrogens (primary N) is 1. The third-order valence-corrected chi connectivity index (χ3v) is 4.05. The Morgan fingerprint density at radius 3 is 2.86 bits per heavy atom. The fraction of sp³-hybridized carbons (Fsp3) is 0.308. The molecule has 0 aliphatic heterocycles. The number of imidazole rings is 1. The smallest absolute Gasteiger partial charge is 0.200 e. The molecule has 0 spiro atoms. The molecule has 5 N–H and O–H groups in total. The molecule has 0 saturated heterocycles. The van der Waals surface area contributed by atoms with Crippen LogP contribution in [0.5, 0.6) is 0 Å². The van der Waals surface area contributed by atoms with Gasteiger partial charge in [0.1, 0.15) is 5.52 Å². The van der Waals surface area contributed by atoms with E-state index < -0.39 is 5.60 Å². The third kappa shape index (κ3) is 3.49. The standard InChI is InChI=1S/C8H11ClO.C5H5N5S/c1-6-7(9)4-3-5-8(6,2)10;6-5-9-3-2(4(11)10-5)7-1-8-3/h3-6,10H,1-2H3;1H,(H4,6,7,8,9,10,11). The Balaban J connectivity index is 0.000000155. The van der Waals surface area contributed by atoms with Crippen molar-refractivity contribution in [1.82, 2.24) is 19.9 Å². The van der Waals surface area contributed by atoms with Crippen molar-refractivity contribution >= 4 is 40.9 Å². The summed E-state index contributed by atoms with van der Waals surface area (Å²) in [5.41, 5.74) is 5.98. The van der Waals surface area contributed by atoms with E-state index in [2.05, 4.69) is 19.9 Å². The first-order valence-corrected chi connectivity index (χ1v) is 7.06. The number of aliphatic hydroxyl groups is 1. The molecule has 0 fully saturated rings. The largest absolute Gasteiger partial charge is 0.385 e. The van der Waals surface area contributed by atoms with Crippen molar-refractivity contribution in [3.63, 3.8) is 0 Å². The maximum atomic E-state index is 9.60. The van der Waals surface area contributed by atoms with Gasteiger partial charge >= 0.3 is 0 Å². The molecule has 1 aliphatic carbocycles. The molecule has 2 heterocycles. The molecular formula is C13H16ClN5OS. The van der Waals surface area contributed by atoms with Crippen molar-refractivity contribution in [2.75, 3.05) is 5.73 Å². The van der Waals surface area contributed by atoms with Gasteiger partial charge in [0.15, 0.2) is 10.3 Å². The maximum Gasteiger partial charge on any atom is 0.200 e. The summed E-state index contributed by atoms with van der Waals surface area (Å²) >= 11 is 10.7. The number of aromatic nitrogens is 4. The lowest BCUT2D eigenvalue weighted by Crippen LogP contribution is -2.31. The fourth-order valence-electron chi connectivity index (χ4n) is 1.77. The number of aromatic amines is 2. The number of hydrogen-bond donors (Lipinski definition) is 4. The van der Waals surface area contributed by atoms with Crippen molar-refractivity contribution in [1.29, 1.82) is 0 Å². The van der Waals surface area contributed by atoms with Crippen LogP contribution in [0.25, 0.3) is 11.2 Å². The summed E-state index contributed by atoms with van der Waals surface area (Å²) in [6.45, 7) is 3.66. The highest BCUT2D eigenvalue weighted by atomic mass is 35.5. The number of halogens is 1. The van der Waals surface area contributed by atoms with E-state index in [0.717, 1.165) is 0 Å². The first-order chi connectivity index (χ1) is 9.81.